The largest absolute Gasteiger partial charge is 0.491 e. The van der Waals surface area contributed by atoms with Crippen LogP contribution in [0.25, 0.3) is 0 Å². The third-order valence-corrected chi connectivity index (χ3v) is 7.37. The first kappa shape index (κ1) is 24.8. The fourth-order valence-corrected chi connectivity index (χ4v) is 5.16. The first-order chi connectivity index (χ1) is 16.9. The van der Waals surface area contributed by atoms with Crippen molar-refractivity contribution in [2.45, 2.75) is 39.0 Å². The number of aryl methyl sites for hydroxylation is 1. The summed E-state index contributed by atoms with van der Waals surface area (Å²) < 4.78 is 6.05. The van der Waals surface area contributed by atoms with Crippen LogP contribution in [-0.4, -0.2) is 67.4 Å². The number of hydrogen-bond donors (Lipinski definition) is 1. The maximum Gasteiger partial charge on any atom is 0.257 e. The van der Waals surface area contributed by atoms with Gasteiger partial charge in [0.05, 0.1) is 17.5 Å². The zero-order valence-corrected chi connectivity index (χ0v) is 20.7. The summed E-state index contributed by atoms with van der Waals surface area (Å²) in [5.41, 5.74) is 1.80. The standard InChI is InChI=1S/C28H35N3O4/c1-21-9-11-22(12-10-21)25(32)30-16-6-5-13-28(27(34)29-2)14-17-31(18-15-28)26(33)23-7-3-4-8-24(23)35-20-19-30/h3-4,7-12H,5-6,13-20H2,1-2H3,(H,29,34). The Bertz CT molecular complexity index is 1060. The molecule has 5 rings (SSSR count). The molecule has 35 heavy (non-hydrogen) atoms. The molecule has 3 aliphatic heterocycles. The van der Waals surface area contributed by atoms with E-state index in [1.54, 1.807) is 19.2 Å². The van der Waals surface area contributed by atoms with Crippen molar-refractivity contribution in [3.63, 3.8) is 0 Å². The van der Waals surface area contributed by atoms with E-state index in [4.69, 9.17) is 4.74 Å². The van der Waals surface area contributed by atoms with Crippen LogP contribution in [0, 0.1) is 12.3 Å². The number of nitrogens with one attached hydrogen (secondary N) is 1. The van der Waals surface area contributed by atoms with E-state index in [1.165, 1.54) is 0 Å². The molecular formula is C28H35N3O4. The lowest BCUT2D eigenvalue weighted by molar-refractivity contribution is -0.133. The Morgan fingerprint density at radius 2 is 1.63 bits per heavy atom. The molecule has 3 aliphatic rings. The molecule has 1 N–H and O–H groups in total. The highest BCUT2D eigenvalue weighted by Gasteiger charge is 2.41. The van der Waals surface area contributed by atoms with Crippen LogP contribution < -0.4 is 10.1 Å². The predicted molar refractivity (Wildman–Crippen MR) is 135 cm³/mol. The number of amides is 3. The molecule has 2 bridgehead atoms. The van der Waals surface area contributed by atoms with Gasteiger partial charge in [0.15, 0.2) is 0 Å². The molecule has 0 saturated carbocycles. The van der Waals surface area contributed by atoms with Gasteiger partial charge in [-0.15, -0.1) is 0 Å². The Labute approximate surface area is 207 Å². The van der Waals surface area contributed by atoms with Crippen LogP contribution in [0.15, 0.2) is 48.5 Å². The summed E-state index contributed by atoms with van der Waals surface area (Å²) in [5, 5.41) is 2.85. The average Bonchev–Trinajstić information content (AvgIpc) is 2.90. The van der Waals surface area contributed by atoms with E-state index in [1.807, 2.05) is 53.1 Å². The number of rotatable bonds is 2. The van der Waals surface area contributed by atoms with Crippen LogP contribution in [0.5, 0.6) is 5.75 Å². The van der Waals surface area contributed by atoms with Crippen LogP contribution >= 0.6 is 0 Å². The van der Waals surface area contributed by atoms with Crippen LogP contribution in [0.2, 0.25) is 0 Å². The molecular weight excluding hydrogens is 442 g/mol. The zero-order chi connectivity index (χ0) is 24.8. The van der Waals surface area contributed by atoms with Crippen molar-refractivity contribution in [2.75, 3.05) is 39.8 Å². The molecule has 0 aliphatic carbocycles. The maximum atomic E-state index is 13.3. The van der Waals surface area contributed by atoms with Crippen molar-refractivity contribution in [1.82, 2.24) is 15.1 Å². The van der Waals surface area contributed by atoms with Gasteiger partial charge in [-0.3, -0.25) is 14.4 Å². The van der Waals surface area contributed by atoms with Gasteiger partial charge < -0.3 is 19.9 Å². The van der Waals surface area contributed by atoms with Crippen LogP contribution in [0.4, 0.5) is 0 Å². The number of carbonyl (C=O) groups is 3. The summed E-state index contributed by atoms with van der Waals surface area (Å²) >= 11 is 0. The zero-order valence-electron chi connectivity index (χ0n) is 20.7. The van der Waals surface area contributed by atoms with Gasteiger partial charge in [-0.05, 0) is 56.9 Å². The molecule has 3 heterocycles. The number of ether oxygens (including phenoxy) is 1. The minimum absolute atomic E-state index is 0.0321. The third-order valence-electron chi connectivity index (χ3n) is 7.37. The molecule has 1 fully saturated rings. The number of carbonyl (C=O) groups excluding carboxylic acids is 3. The second-order valence-corrected chi connectivity index (χ2v) is 9.61. The summed E-state index contributed by atoms with van der Waals surface area (Å²) in [6.45, 7) is 4.38. The SMILES string of the molecule is CNC(=O)C12CCCCN(C(=O)c3ccc(C)cc3)CCOc3ccccc3C(=O)N(CC1)CC2. The summed E-state index contributed by atoms with van der Waals surface area (Å²) in [5.74, 6) is 0.465. The summed E-state index contributed by atoms with van der Waals surface area (Å²) in [6, 6.07) is 14.9. The quantitative estimate of drug-likeness (QED) is 0.716. The molecule has 186 valence electrons. The fourth-order valence-electron chi connectivity index (χ4n) is 5.16. The first-order valence-electron chi connectivity index (χ1n) is 12.5. The number of piperidine rings is 1. The molecule has 0 spiro atoms. The summed E-state index contributed by atoms with van der Waals surface area (Å²) in [7, 11) is 1.68. The highest BCUT2D eigenvalue weighted by atomic mass is 16.5. The van der Waals surface area contributed by atoms with Gasteiger partial charge in [0.2, 0.25) is 5.91 Å². The van der Waals surface area contributed by atoms with Crippen LogP contribution in [-0.2, 0) is 4.79 Å². The number of fused-ring (bicyclic) bond motifs is 9. The van der Waals surface area contributed by atoms with Gasteiger partial charge in [0.1, 0.15) is 12.4 Å². The van der Waals surface area contributed by atoms with Gasteiger partial charge >= 0.3 is 0 Å². The Morgan fingerprint density at radius 1 is 0.914 bits per heavy atom. The Hall–Kier alpha value is -3.35. The number of nitrogens with zero attached hydrogens (tertiary/aromatic N) is 2. The van der Waals surface area contributed by atoms with Crippen molar-refractivity contribution >= 4 is 17.7 Å². The minimum Gasteiger partial charge on any atom is -0.491 e. The molecule has 2 aromatic rings. The Kier molecular flexibility index (Phi) is 7.73. The van der Waals surface area contributed by atoms with Gasteiger partial charge in [-0.1, -0.05) is 36.2 Å². The smallest absolute Gasteiger partial charge is 0.257 e. The van der Waals surface area contributed by atoms with Gasteiger partial charge in [-0.2, -0.15) is 0 Å². The lowest BCUT2D eigenvalue weighted by atomic mass is 9.73. The van der Waals surface area contributed by atoms with Crippen molar-refractivity contribution in [3.05, 3.63) is 65.2 Å². The second-order valence-electron chi connectivity index (χ2n) is 9.61. The normalized spacial score (nSPS) is 18.6. The Balaban J connectivity index is 1.60. The maximum absolute atomic E-state index is 13.3. The molecule has 0 atom stereocenters. The predicted octanol–water partition coefficient (Wildman–Crippen LogP) is 3.67. The minimum atomic E-state index is -0.479. The molecule has 7 nitrogen and oxygen atoms in total. The topological polar surface area (TPSA) is 79.0 Å². The van der Waals surface area contributed by atoms with E-state index in [2.05, 4.69) is 5.32 Å². The van der Waals surface area contributed by atoms with Crippen molar-refractivity contribution < 1.29 is 19.1 Å². The van der Waals surface area contributed by atoms with Crippen molar-refractivity contribution in [3.8, 4) is 5.75 Å². The fraction of sp³-hybridized carbons (Fsp3) is 0.464. The van der Waals surface area contributed by atoms with Crippen LogP contribution in [0.3, 0.4) is 0 Å². The van der Waals surface area contributed by atoms with E-state index in [0.717, 1.165) is 24.8 Å². The second kappa shape index (κ2) is 10.9. The summed E-state index contributed by atoms with van der Waals surface area (Å²) in [4.78, 5) is 43.2. The molecule has 0 aromatic heterocycles. The van der Waals surface area contributed by atoms with Gasteiger partial charge in [0, 0.05) is 32.2 Å². The van der Waals surface area contributed by atoms with Crippen molar-refractivity contribution in [2.24, 2.45) is 5.41 Å². The number of benzene rings is 2. The van der Waals surface area contributed by atoms with E-state index < -0.39 is 5.41 Å². The molecule has 3 amide bonds. The third kappa shape index (κ3) is 5.50. The highest BCUT2D eigenvalue weighted by molar-refractivity contribution is 5.97. The monoisotopic (exact) mass is 477 g/mol. The number of para-hydroxylation sites is 1. The van der Waals surface area contributed by atoms with Gasteiger partial charge in [0.25, 0.3) is 11.8 Å². The van der Waals surface area contributed by atoms with E-state index in [0.29, 0.717) is 62.5 Å². The number of hydrogen-bond acceptors (Lipinski definition) is 4. The average molecular weight is 478 g/mol. The summed E-state index contributed by atoms with van der Waals surface area (Å²) in [6.07, 6.45) is 3.64. The molecule has 0 radical (unpaired) electrons. The van der Waals surface area contributed by atoms with E-state index in [9.17, 15) is 14.4 Å². The van der Waals surface area contributed by atoms with E-state index >= 15 is 0 Å². The van der Waals surface area contributed by atoms with Gasteiger partial charge in [-0.25, -0.2) is 0 Å². The lowest BCUT2D eigenvalue weighted by Gasteiger charge is -2.40. The molecule has 2 aromatic carbocycles. The Morgan fingerprint density at radius 3 is 2.34 bits per heavy atom. The molecule has 0 unspecified atom stereocenters. The molecule has 1 saturated heterocycles. The highest BCUT2D eigenvalue weighted by Crippen LogP contribution is 2.38. The lowest BCUT2D eigenvalue weighted by Crippen LogP contribution is -2.49. The van der Waals surface area contributed by atoms with Crippen molar-refractivity contribution in [1.29, 1.82) is 0 Å². The first-order valence-corrected chi connectivity index (χ1v) is 12.5. The van der Waals surface area contributed by atoms with Crippen LogP contribution in [0.1, 0.15) is 58.4 Å². The molecule has 7 heteroatoms. The van der Waals surface area contributed by atoms with E-state index in [-0.39, 0.29) is 17.7 Å².